The summed E-state index contributed by atoms with van der Waals surface area (Å²) in [7, 11) is 1.32. The fraction of sp³-hybridized carbons (Fsp3) is 0.500. The first-order chi connectivity index (χ1) is 11.5. The number of amides is 3. The molecule has 1 N–H and O–H groups in total. The highest BCUT2D eigenvalue weighted by atomic mass is 16.5. The quantitative estimate of drug-likeness (QED) is 0.682. The molecule has 24 heavy (non-hydrogen) atoms. The van der Waals surface area contributed by atoms with Crippen LogP contribution in [0.25, 0.3) is 0 Å². The molecule has 2 atom stereocenters. The van der Waals surface area contributed by atoms with E-state index in [9.17, 15) is 14.4 Å². The molecule has 2 fully saturated rings. The molecule has 6 heteroatoms. The number of carbonyl (C=O) groups excluding carboxylic acids is 3. The van der Waals surface area contributed by atoms with E-state index in [-0.39, 0.29) is 24.4 Å². The average molecular weight is 330 g/mol. The Morgan fingerprint density at radius 1 is 1.38 bits per heavy atom. The zero-order valence-corrected chi connectivity index (χ0v) is 14.0. The number of ether oxygens (including phenoxy) is 1. The van der Waals surface area contributed by atoms with Gasteiger partial charge in [-0.25, -0.2) is 9.59 Å². The molecule has 0 radical (unpaired) electrons. The lowest BCUT2D eigenvalue weighted by atomic mass is 9.73. The number of hydrogen-bond donors (Lipinski definition) is 1. The van der Waals surface area contributed by atoms with Gasteiger partial charge >= 0.3 is 12.0 Å². The lowest BCUT2D eigenvalue weighted by Crippen LogP contribution is -2.53. The van der Waals surface area contributed by atoms with Gasteiger partial charge in [0, 0.05) is 0 Å². The number of rotatable bonds is 3. The van der Waals surface area contributed by atoms with Gasteiger partial charge < -0.3 is 10.1 Å². The summed E-state index contributed by atoms with van der Waals surface area (Å²) in [5.41, 5.74) is 0.375. The third-order valence-electron chi connectivity index (χ3n) is 5.19. The number of methoxy groups -OCH3 is 1. The Bertz CT molecular complexity index is 687. The number of benzene rings is 1. The molecule has 2 aliphatic rings. The monoisotopic (exact) mass is 330 g/mol. The SMILES string of the molecule is COC(=O)c1cccc(CN2C(=O)N[C@@]3(CCCC[C@@H]3C)C2=O)c1. The van der Waals surface area contributed by atoms with Crippen LogP contribution in [0.4, 0.5) is 4.79 Å². The molecule has 1 saturated heterocycles. The first-order valence-electron chi connectivity index (χ1n) is 8.29. The Morgan fingerprint density at radius 2 is 2.17 bits per heavy atom. The minimum Gasteiger partial charge on any atom is -0.465 e. The number of imide groups is 1. The fourth-order valence-electron chi connectivity index (χ4n) is 3.74. The van der Waals surface area contributed by atoms with Crippen LogP contribution >= 0.6 is 0 Å². The summed E-state index contributed by atoms with van der Waals surface area (Å²) >= 11 is 0. The Morgan fingerprint density at radius 3 is 2.88 bits per heavy atom. The zero-order chi connectivity index (χ0) is 17.3. The van der Waals surface area contributed by atoms with Crippen LogP contribution in [0.1, 0.15) is 48.5 Å². The van der Waals surface area contributed by atoms with E-state index in [4.69, 9.17) is 4.74 Å². The summed E-state index contributed by atoms with van der Waals surface area (Å²) in [5, 5.41) is 2.93. The van der Waals surface area contributed by atoms with Gasteiger partial charge in [-0.3, -0.25) is 9.69 Å². The molecule has 3 amide bonds. The molecule has 0 bridgehead atoms. The molecule has 1 aliphatic carbocycles. The number of nitrogens with zero attached hydrogens (tertiary/aromatic N) is 1. The van der Waals surface area contributed by atoms with Crippen molar-refractivity contribution >= 4 is 17.9 Å². The molecule has 1 aliphatic heterocycles. The van der Waals surface area contributed by atoms with Crippen LogP contribution in [0.5, 0.6) is 0 Å². The highest BCUT2D eigenvalue weighted by Crippen LogP contribution is 2.38. The highest BCUT2D eigenvalue weighted by Gasteiger charge is 2.54. The average Bonchev–Trinajstić information content (AvgIpc) is 2.82. The number of hydrogen-bond acceptors (Lipinski definition) is 4. The van der Waals surface area contributed by atoms with E-state index in [0.717, 1.165) is 24.8 Å². The Kier molecular flexibility index (Phi) is 4.30. The van der Waals surface area contributed by atoms with Gasteiger partial charge in [0.25, 0.3) is 5.91 Å². The molecule has 3 rings (SSSR count). The van der Waals surface area contributed by atoms with Crippen molar-refractivity contribution in [1.29, 1.82) is 0 Å². The third kappa shape index (κ3) is 2.66. The standard InChI is InChI=1S/C18H22N2O4/c1-12-6-3-4-9-18(12)16(22)20(17(23)19-18)11-13-7-5-8-14(10-13)15(21)24-2/h5,7-8,10,12H,3-4,6,9,11H2,1-2H3,(H,19,23)/t12-,18+/m0/s1. The van der Waals surface area contributed by atoms with E-state index in [1.165, 1.54) is 12.0 Å². The molecule has 1 saturated carbocycles. The topological polar surface area (TPSA) is 75.7 Å². The van der Waals surface area contributed by atoms with Crippen molar-refractivity contribution in [2.45, 2.75) is 44.7 Å². The van der Waals surface area contributed by atoms with Crippen molar-refractivity contribution in [2.75, 3.05) is 7.11 Å². The molecular weight excluding hydrogens is 308 g/mol. The normalized spacial score (nSPS) is 26.6. The summed E-state index contributed by atoms with van der Waals surface area (Å²) in [4.78, 5) is 38.2. The molecule has 1 aromatic carbocycles. The van der Waals surface area contributed by atoms with Gasteiger partial charge in [0.05, 0.1) is 19.2 Å². The van der Waals surface area contributed by atoms with Crippen molar-refractivity contribution in [3.63, 3.8) is 0 Å². The van der Waals surface area contributed by atoms with E-state index in [0.29, 0.717) is 12.0 Å². The predicted molar refractivity (Wildman–Crippen MR) is 87.2 cm³/mol. The summed E-state index contributed by atoms with van der Waals surface area (Å²) in [6, 6.07) is 6.46. The van der Waals surface area contributed by atoms with Crippen molar-refractivity contribution in [1.82, 2.24) is 10.2 Å². The second kappa shape index (κ2) is 6.26. The second-order valence-corrected chi connectivity index (χ2v) is 6.63. The van der Waals surface area contributed by atoms with Gasteiger partial charge in [0.15, 0.2) is 0 Å². The van der Waals surface area contributed by atoms with Crippen LogP contribution in [-0.2, 0) is 16.1 Å². The summed E-state index contributed by atoms with van der Waals surface area (Å²) in [6.07, 6.45) is 3.67. The van der Waals surface area contributed by atoms with Crippen molar-refractivity contribution < 1.29 is 19.1 Å². The fourth-order valence-corrected chi connectivity index (χ4v) is 3.74. The smallest absolute Gasteiger partial charge is 0.337 e. The van der Waals surface area contributed by atoms with E-state index in [2.05, 4.69) is 5.32 Å². The predicted octanol–water partition coefficient (Wildman–Crippen LogP) is 2.47. The first-order valence-corrected chi connectivity index (χ1v) is 8.29. The van der Waals surface area contributed by atoms with Gasteiger partial charge in [-0.05, 0) is 36.5 Å². The highest BCUT2D eigenvalue weighted by molar-refractivity contribution is 6.07. The van der Waals surface area contributed by atoms with Gasteiger partial charge in [0.1, 0.15) is 5.54 Å². The molecule has 0 aromatic heterocycles. The summed E-state index contributed by atoms with van der Waals surface area (Å²) in [5.74, 6) is -0.455. The Labute approximate surface area is 141 Å². The van der Waals surface area contributed by atoms with Crippen LogP contribution < -0.4 is 5.32 Å². The molecule has 1 aromatic rings. The van der Waals surface area contributed by atoms with E-state index < -0.39 is 11.5 Å². The summed E-state index contributed by atoms with van der Waals surface area (Å²) in [6.45, 7) is 2.18. The lowest BCUT2D eigenvalue weighted by Gasteiger charge is -2.36. The van der Waals surface area contributed by atoms with Crippen LogP contribution in [0, 0.1) is 5.92 Å². The van der Waals surface area contributed by atoms with Gasteiger partial charge in [-0.2, -0.15) is 0 Å². The Hall–Kier alpha value is -2.37. The lowest BCUT2D eigenvalue weighted by molar-refractivity contribution is -0.134. The number of carbonyl (C=O) groups is 3. The third-order valence-corrected chi connectivity index (χ3v) is 5.19. The zero-order valence-electron chi connectivity index (χ0n) is 14.0. The van der Waals surface area contributed by atoms with Crippen molar-refractivity contribution in [3.8, 4) is 0 Å². The van der Waals surface area contributed by atoms with Crippen molar-refractivity contribution in [2.24, 2.45) is 5.92 Å². The molecule has 1 heterocycles. The van der Waals surface area contributed by atoms with E-state index >= 15 is 0 Å². The van der Waals surface area contributed by atoms with Crippen LogP contribution in [0.3, 0.4) is 0 Å². The van der Waals surface area contributed by atoms with Gasteiger partial charge in [0.2, 0.25) is 0 Å². The minimum atomic E-state index is -0.755. The maximum absolute atomic E-state index is 12.9. The molecule has 6 nitrogen and oxygen atoms in total. The molecular formula is C18H22N2O4. The van der Waals surface area contributed by atoms with Gasteiger partial charge in [-0.1, -0.05) is 31.9 Å². The van der Waals surface area contributed by atoms with Crippen LogP contribution in [0.2, 0.25) is 0 Å². The maximum Gasteiger partial charge on any atom is 0.337 e. The second-order valence-electron chi connectivity index (χ2n) is 6.63. The Balaban J connectivity index is 1.82. The van der Waals surface area contributed by atoms with E-state index in [1.807, 2.05) is 6.92 Å². The number of esters is 1. The number of urea groups is 1. The van der Waals surface area contributed by atoms with Gasteiger partial charge in [-0.15, -0.1) is 0 Å². The molecule has 0 unspecified atom stereocenters. The molecule has 1 spiro atoms. The van der Waals surface area contributed by atoms with Crippen LogP contribution in [0.15, 0.2) is 24.3 Å². The van der Waals surface area contributed by atoms with Crippen molar-refractivity contribution in [3.05, 3.63) is 35.4 Å². The molecule has 128 valence electrons. The largest absolute Gasteiger partial charge is 0.465 e. The number of nitrogens with one attached hydrogen (secondary N) is 1. The first kappa shape index (κ1) is 16.5. The maximum atomic E-state index is 12.9. The minimum absolute atomic E-state index is 0.133. The van der Waals surface area contributed by atoms with Crippen LogP contribution in [-0.4, -0.2) is 35.5 Å². The van der Waals surface area contributed by atoms with E-state index in [1.54, 1.807) is 24.3 Å². The summed E-state index contributed by atoms with van der Waals surface area (Å²) < 4.78 is 4.71.